The standard InChI is InChI=1S/C16H28N2O3/c1-11(2)18-12(3)9-14(13(18)4)15(20)17-16(5,7-8-19)10-21-6/h9,11,19H,7-8,10H2,1-6H3,(H,17,20). The summed E-state index contributed by atoms with van der Waals surface area (Å²) in [4.78, 5) is 12.6. The maximum Gasteiger partial charge on any atom is 0.253 e. The summed E-state index contributed by atoms with van der Waals surface area (Å²) in [6.07, 6.45) is 0.454. The first-order valence-electron chi connectivity index (χ1n) is 7.36. The van der Waals surface area contributed by atoms with E-state index in [1.807, 2.05) is 26.8 Å². The molecule has 0 aliphatic heterocycles. The van der Waals surface area contributed by atoms with Crippen LogP contribution in [-0.2, 0) is 4.74 Å². The number of hydrogen-bond acceptors (Lipinski definition) is 3. The molecule has 0 aliphatic carbocycles. The molecular weight excluding hydrogens is 268 g/mol. The zero-order valence-corrected chi connectivity index (χ0v) is 14.0. The summed E-state index contributed by atoms with van der Waals surface area (Å²) in [6, 6.07) is 2.23. The van der Waals surface area contributed by atoms with Gasteiger partial charge >= 0.3 is 0 Å². The number of aliphatic hydroxyl groups excluding tert-OH is 1. The van der Waals surface area contributed by atoms with E-state index in [1.165, 1.54) is 0 Å². The highest BCUT2D eigenvalue weighted by Crippen LogP contribution is 2.21. The Morgan fingerprint density at radius 2 is 2.10 bits per heavy atom. The van der Waals surface area contributed by atoms with Crippen molar-refractivity contribution in [1.82, 2.24) is 9.88 Å². The molecular formula is C16H28N2O3. The summed E-state index contributed by atoms with van der Waals surface area (Å²) >= 11 is 0. The number of aryl methyl sites for hydroxylation is 1. The van der Waals surface area contributed by atoms with Gasteiger partial charge in [0.05, 0.1) is 17.7 Å². The molecule has 120 valence electrons. The minimum atomic E-state index is -0.569. The minimum Gasteiger partial charge on any atom is -0.396 e. The van der Waals surface area contributed by atoms with Crippen LogP contribution in [0.3, 0.4) is 0 Å². The van der Waals surface area contributed by atoms with Crippen LogP contribution in [0.4, 0.5) is 0 Å². The number of aliphatic hydroxyl groups is 1. The van der Waals surface area contributed by atoms with E-state index in [0.717, 1.165) is 11.4 Å². The predicted molar refractivity (Wildman–Crippen MR) is 83.7 cm³/mol. The lowest BCUT2D eigenvalue weighted by Crippen LogP contribution is -2.50. The fraction of sp³-hybridized carbons (Fsp3) is 0.688. The highest BCUT2D eigenvalue weighted by Gasteiger charge is 2.28. The monoisotopic (exact) mass is 296 g/mol. The van der Waals surface area contributed by atoms with Crippen LogP contribution in [0.2, 0.25) is 0 Å². The van der Waals surface area contributed by atoms with Crippen LogP contribution in [0.1, 0.15) is 55.0 Å². The molecule has 1 aromatic heterocycles. The third kappa shape index (κ3) is 4.08. The molecule has 1 atom stereocenters. The molecule has 0 saturated heterocycles. The molecule has 1 rings (SSSR count). The molecule has 0 saturated carbocycles. The number of methoxy groups -OCH3 is 1. The van der Waals surface area contributed by atoms with E-state index in [2.05, 4.69) is 23.7 Å². The lowest BCUT2D eigenvalue weighted by molar-refractivity contribution is 0.0725. The van der Waals surface area contributed by atoms with Crippen LogP contribution in [0.25, 0.3) is 0 Å². The number of nitrogens with zero attached hydrogens (tertiary/aromatic N) is 1. The van der Waals surface area contributed by atoms with Crippen molar-refractivity contribution in [2.45, 2.75) is 52.6 Å². The van der Waals surface area contributed by atoms with Crippen LogP contribution in [0.15, 0.2) is 6.07 Å². The van der Waals surface area contributed by atoms with Crippen LogP contribution in [-0.4, -0.2) is 41.4 Å². The first kappa shape index (κ1) is 17.7. The van der Waals surface area contributed by atoms with E-state index in [1.54, 1.807) is 7.11 Å². The molecule has 0 fully saturated rings. The Balaban J connectivity index is 3.01. The Kier molecular flexibility index (Phi) is 5.98. The Hall–Kier alpha value is -1.33. The maximum absolute atomic E-state index is 12.6. The molecule has 1 heterocycles. The highest BCUT2D eigenvalue weighted by molar-refractivity contribution is 5.96. The van der Waals surface area contributed by atoms with E-state index in [-0.39, 0.29) is 12.5 Å². The van der Waals surface area contributed by atoms with E-state index >= 15 is 0 Å². The van der Waals surface area contributed by atoms with Gasteiger partial charge in [0, 0.05) is 31.1 Å². The molecule has 1 unspecified atom stereocenters. The largest absolute Gasteiger partial charge is 0.396 e. The van der Waals surface area contributed by atoms with Crippen LogP contribution in [0.5, 0.6) is 0 Å². The number of carbonyl (C=O) groups is 1. The van der Waals surface area contributed by atoms with Gasteiger partial charge in [0.1, 0.15) is 0 Å². The molecule has 1 amide bonds. The van der Waals surface area contributed by atoms with Crippen molar-refractivity contribution in [2.75, 3.05) is 20.3 Å². The molecule has 0 radical (unpaired) electrons. The van der Waals surface area contributed by atoms with Crippen molar-refractivity contribution in [2.24, 2.45) is 0 Å². The third-order valence-corrected chi connectivity index (χ3v) is 3.79. The second kappa shape index (κ2) is 7.09. The average Bonchev–Trinajstić information content (AvgIpc) is 2.65. The fourth-order valence-electron chi connectivity index (χ4n) is 2.88. The Bertz CT molecular complexity index is 486. The molecule has 2 N–H and O–H groups in total. The van der Waals surface area contributed by atoms with Gasteiger partial charge in [0.25, 0.3) is 5.91 Å². The van der Waals surface area contributed by atoms with Crippen molar-refractivity contribution in [3.8, 4) is 0 Å². The van der Waals surface area contributed by atoms with Crippen LogP contribution >= 0.6 is 0 Å². The molecule has 5 heteroatoms. The smallest absolute Gasteiger partial charge is 0.253 e. The van der Waals surface area contributed by atoms with Gasteiger partial charge in [0.15, 0.2) is 0 Å². The number of rotatable bonds is 7. The van der Waals surface area contributed by atoms with Crippen molar-refractivity contribution >= 4 is 5.91 Å². The zero-order chi connectivity index (χ0) is 16.2. The maximum atomic E-state index is 12.6. The molecule has 5 nitrogen and oxygen atoms in total. The van der Waals surface area contributed by atoms with E-state index < -0.39 is 5.54 Å². The summed E-state index contributed by atoms with van der Waals surface area (Å²) in [5.41, 5.74) is 2.15. The summed E-state index contributed by atoms with van der Waals surface area (Å²) in [5.74, 6) is -0.122. The van der Waals surface area contributed by atoms with Gasteiger partial charge in [-0.2, -0.15) is 0 Å². The molecule has 21 heavy (non-hydrogen) atoms. The number of ether oxygens (including phenoxy) is 1. The van der Waals surface area contributed by atoms with Gasteiger partial charge in [-0.05, 0) is 47.1 Å². The second-order valence-corrected chi connectivity index (χ2v) is 6.17. The van der Waals surface area contributed by atoms with E-state index in [9.17, 15) is 9.90 Å². The lowest BCUT2D eigenvalue weighted by Gasteiger charge is -2.29. The normalized spacial score (nSPS) is 14.3. The average molecular weight is 296 g/mol. The molecule has 0 bridgehead atoms. The number of carbonyl (C=O) groups excluding carboxylic acids is 1. The van der Waals surface area contributed by atoms with Gasteiger partial charge in [0.2, 0.25) is 0 Å². The summed E-state index contributed by atoms with van der Waals surface area (Å²) in [5, 5.41) is 12.2. The van der Waals surface area contributed by atoms with Gasteiger partial charge in [-0.3, -0.25) is 4.79 Å². The minimum absolute atomic E-state index is 0.00511. The quantitative estimate of drug-likeness (QED) is 0.811. The van der Waals surface area contributed by atoms with Gasteiger partial charge < -0.3 is 19.7 Å². The Morgan fingerprint density at radius 3 is 2.52 bits per heavy atom. The second-order valence-electron chi connectivity index (χ2n) is 6.17. The topological polar surface area (TPSA) is 63.5 Å². The fourth-order valence-corrected chi connectivity index (χ4v) is 2.88. The van der Waals surface area contributed by atoms with Gasteiger partial charge in [-0.25, -0.2) is 0 Å². The molecule has 0 aliphatic rings. The number of amides is 1. The van der Waals surface area contributed by atoms with E-state index in [0.29, 0.717) is 24.6 Å². The third-order valence-electron chi connectivity index (χ3n) is 3.79. The Labute approximate surface area is 127 Å². The Morgan fingerprint density at radius 1 is 1.48 bits per heavy atom. The number of nitrogens with one attached hydrogen (secondary N) is 1. The van der Waals surface area contributed by atoms with Crippen molar-refractivity contribution in [1.29, 1.82) is 0 Å². The number of hydrogen-bond donors (Lipinski definition) is 2. The van der Waals surface area contributed by atoms with Crippen LogP contribution < -0.4 is 5.32 Å². The van der Waals surface area contributed by atoms with Crippen molar-refractivity contribution in [3.05, 3.63) is 23.0 Å². The summed E-state index contributed by atoms with van der Waals surface area (Å²) in [6.45, 7) is 10.4. The summed E-state index contributed by atoms with van der Waals surface area (Å²) in [7, 11) is 1.59. The predicted octanol–water partition coefficient (Wildman–Crippen LogP) is 2.20. The van der Waals surface area contributed by atoms with Gasteiger partial charge in [-0.1, -0.05) is 0 Å². The van der Waals surface area contributed by atoms with Crippen LogP contribution in [0, 0.1) is 13.8 Å². The molecule has 1 aromatic rings. The lowest BCUT2D eigenvalue weighted by atomic mass is 9.98. The summed E-state index contributed by atoms with van der Waals surface area (Å²) < 4.78 is 7.31. The molecule has 0 spiro atoms. The first-order valence-corrected chi connectivity index (χ1v) is 7.36. The first-order chi connectivity index (χ1) is 9.75. The molecule has 0 aromatic carbocycles. The SMILES string of the molecule is COCC(C)(CCO)NC(=O)c1cc(C)n(C(C)C)c1C. The van der Waals surface area contributed by atoms with Crippen molar-refractivity contribution in [3.63, 3.8) is 0 Å². The zero-order valence-electron chi connectivity index (χ0n) is 14.0. The van der Waals surface area contributed by atoms with E-state index in [4.69, 9.17) is 4.74 Å². The van der Waals surface area contributed by atoms with Crippen molar-refractivity contribution < 1.29 is 14.6 Å². The van der Waals surface area contributed by atoms with Gasteiger partial charge in [-0.15, -0.1) is 0 Å². The highest BCUT2D eigenvalue weighted by atomic mass is 16.5. The number of aromatic nitrogens is 1.